The van der Waals surface area contributed by atoms with Gasteiger partial charge in [-0.15, -0.1) is 24.8 Å². The Kier molecular flexibility index (Phi) is 10.1. The van der Waals surface area contributed by atoms with Crippen LogP contribution in [-0.4, -0.2) is 40.8 Å². The molecule has 164 valence electrons. The molecule has 2 aromatic rings. The second kappa shape index (κ2) is 11.8. The van der Waals surface area contributed by atoms with Gasteiger partial charge in [0, 0.05) is 37.1 Å². The number of halogens is 4. The summed E-state index contributed by atoms with van der Waals surface area (Å²) < 4.78 is 26.9. The van der Waals surface area contributed by atoms with Crippen LogP contribution in [0.25, 0.3) is 0 Å². The SMILES string of the molecule is Cl.Cl.NC(CNC(=O)C1CCCCN1C(=O)c1cccnc1)c1ccc(F)cc1F. The number of pyridine rings is 1. The molecule has 1 saturated heterocycles. The van der Waals surface area contributed by atoms with E-state index in [2.05, 4.69) is 10.3 Å². The van der Waals surface area contributed by atoms with Crippen molar-refractivity contribution in [2.24, 2.45) is 5.73 Å². The van der Waals surface area contributed by atoms with Crippen molar-refractivity contribution in [3.8, 4) is 0 Å². The molecule has 0 bridgehead atoms. The van der Waals surface area contributed by atoms with Crippen molar-refractivity contribution >= 4 is 36.6 Å². The molecule has 1 aromatic heterocycles. The Bertz CT molecular complexity index is 858. The van der Waals surface area contributed by atoms with Gasteiger partial charge < -0.3 is 16.0 Å². The van der Waals surface area contributed by atoms with E-state index in [4.69, 9.17) is 5.73 Å². The van der Waals surface area contributed by atoms with E-state index in [-0.39, 0.29) is 48.7 Å². The standard InChI is InChI=1S/C20H22F2N4O2.2ClH/c21-14-6-7-15(16(22)10-14)17(23)12-25-19(27)18-5-1-2-9-26(18)20(28)13-4-3-8-24-11-13;;/h3-4,6-8,10-11,17-18H,1-2,5,9,12,23H2,(H,25,27);2*1H. The quantitative estimate of drug-likeness (QED) is 0.717. The molecule has 30 heavy (non-hydrogen) atoms. The molecule has 1 aliphatic rings. The summed E-state index contributed by atoms with van der Waals surface area (Å²) in [6, 6.07) is 5.03. The molecule has 6 nitrogen and oxygen atoms in total. The zero-order valence-corrected chi connectivity index (χ0v) is 17.7. The van der Waals surface area contributed by atoms with E-state index in [1.54, 1.807) is 23.2 Å². The van der Waals surface area contributed by atoms with Crippen molar-refractivity contribution < 1.29 is 18.4 Å². The van der Waals surface area contributed by atoms with Crippen LogP contribution in [0, 0.1) is 11.6 Å². The lowest BCUT2D eigenvalue weighted by Gasteiger charge is -2.35. The van der Waals surface area contributed by atoms with Gasteiger partial charge in [-0.1, -0.05) is 6.07 Å². The van der Waals surface area contributed by atoms with E-state index in [9.17, 15) is 18.4 Å². The number of likely N-dealkylation sites (tertiary alicyclic amines) is 1. The topological polar surface area (TPSA) is 88.3 Å². The molecule has 2 heterocycles. The van der Waals surface area contributed by atoms with E-state index < -0.39 is 23.7 Å². The summed E-state index contributed by atoms with van der Waals surface area (Å²) in [5.41, 5.74) is 6.49. The normalized spacial score (nSPS) is 16.6. The smallest absolute Gasteiger partial charge is 0.256 e. The largest absolute Gasteiger partial charge is 0.352 e. The maximum absolute atomic E-state index is 13.8. The highest BCUT2D eigenvalue weighted by Crippen LogP contribution is 2.20. The second-order valence-electron chi connectivity index (χ2n) is 6.77. The number of hydrogen-bond acceptors (Lipinski definition) is 4. The fourth-order valence-electron chi connectivity index (χ4n) is 3.34. The first-order valence-electron chi connectivity index (χ1n) is 9.16. The summed E-state index contributed by atoms with van der Waals surface area (Å²) in [7, 11) is 0. The van der Waals surface area contributed by atoms with E-state index >= 15 is 0 Å². The molecule has 2 unspecified atom stereocenters. The molecule has 0 aliphatic carbocycles. The monoisotopic (exact) mass is 460 g/mol. The molecular formula is C20H24Cl2F2N4O2. The van der Waals surface area contributed by atoms with E-state index in [0.717, 1.165) is 25.0 Å². The number of carbonyl (C=O) groups excluding carboxylic acids is 2. The molecule has 1 aromatic carbocycles. The first kappa shape index (κ1) is 25.7. The number of piperidine rings is 1. The van der Waals surface area contributed by atoms with Gasteiger partial charge in [0.05, 0.1) is 11.6 Å². The maximum Gasteiger partial charge on any atom is 0.256 e. The number of rotatable bonds is 5. The molecule has 2 amide bonds. The van der Waals surface area contributed by atoms with Crippen LogP contribution in [0.1, 0.15) is 41.2 Å². The Morgan fingerprint density at radius 2 is 2.00 bits per heavy atom. The lowest BCUT2D eigenvalue weighted by atomic mass is 10.00. The lowest BCUT2D eigenvalue weighted by Crippen LogP contribution is -2.52. The first-order valence-corrected chi connectivity index (χ1v) is 9.16. The van der Waals surface area contributed by atoms with Crippen molar-refractivity contribution in [2.45, 2.75) is 31.3 Å². The van der Waals surface area contributed by atoms with Crippen molar-refractivity contribution in [1.29, 1.82) is 0 Å². The van der Waals surface area contributed by atoms with Gasteiger partial charge >= 0.3 is 0 Å². The van der Waals surface area contributed by atoms with Crippen molar-refractivity contribution in [3.05, 3.63) is 65.5 Å². The summed E-state index contributed by atoms with van der Waals surface area (Å²) in [5.74, 6) is -2.03. The molecule has 3 rings (SSSR count). The number of amides is 2. The Labute approximate surface area is 186 Å². The van der Waals surface area contributed by atoms with Gasteiger partial charge in [0.25, 0.3) is 5.91 Å². The van der Waals surface area contributed by atoms with E-state index in [1.165, 1.54) is 12.3 Å². The van der Waals surface area contributed by atoms with Gasteiger partial charge in [0.2, 0.25) is 5.91 Å². The lowest BCUT2D eigenvalue weighted by molar-refractivity contribution is -0.126. The van der Waals surface area contributed by atoms with Crippen LogP contribution in [0.5, 0.6) is 0 Å². The third kappa shape index (κ3) is 6.10. The third-order valence-corrected chi connectivity index (χ3v) is 4.83. The minimum atomic E-state index is -0.824. The van der Waals surface area contributed by atoms with Gasteiger partial charge in [0.1, 0.15) is 17.7 Å². The Balaban J connectivity index is 0.00000225. The van der Waals surface area contributed by atoms with Crippen LogP contribution in [-0.2, 0) is 4.79 Å². The summed E-state index contributed by atoms with van der Waals surface area (Å²) >= 11 is 0. The molecular weight excluding hydrogens is 437 g/mol. The zero-order valence-electron chi connectivity index (χ0n) is 16.1. The molecule has 10 heteroatoms. The third-order valence-electron chi connectivity index (χ3n) is 4.83. The fraction of sp³-hybridized carbons (Fsp3) is 0.350. The maximum atomic E-state index is 13.8. The van der Waals surface area contributed by atoms with Crippen LogP contribution in [0.15, 0.2) is 42.7 Å². The summed E-state index contributed by atoms with van der Waals surface area (Å²) in [4.78, 5) is 30.9. The fourth-order valence-corrected chi connectivity index (χ4v) is 3.34. The predicted octanol–water partition coefficient (Wildman–Crippen LogP) is 3.01. The average Bonchev–Trinajstić information content (AvgIpc) is 2.72. The number of benzene rings is 1. The predicted molar refractivity (Wildman–Crippen MR) is 114 cm³/mol. The van der Waals surface area contributed by atoms with Crippen molar-refractivity contribution in [3.63, 3.8) is 0 Å². The van der Waals surface area contributed by atoms with Crippen LogP contribution in [0.3, 0.4) is 0 Å². The first-order chi connectivity index (χ1) is 13.5. The average molecular weight is 461 g/mol. The number of nitrogens with one attached hydrogen (secondary N) is 1. The summed E-state index contributed by atoms with van der Waals surface area (Å²) in [5, 5.41) is 2.69. The van der Waals surface area contributed by atoms with Gasteiger partial charge in [0.15, 0.2) is 0 Å². The molecule has 0 spiro atoms. The minimum absolute atomic E-state index is 0. The highest BCUT2D eigenvalue weighted by molar-refractivity contribution is 5.97. The Hall–Kier alpha value is -2.29. The van der Waals surface area contributed by atoms with Gasteiger partial charge in [-0.3, -0.25) is 14.6 Å². The van der Waals surface area contributed by atoms with Gasteiger partial charge in [-0.2, -0.15) is 0 Å². The Morgan fingerprint density at radius 3 is 2.67 bits per heavy atom. The van der Waals surface area contributed by atoms with Crippen molar-refractivity contribution in [2.75, 3.05) is 13.1 Å². The number of hydrogen-bond donors (Lipinski definition) is 2. The van der Waals surface area contributed by atoms with Crippen LogP contribution >= 0.6 is 24.8 Å². The van der Waals surface area contributed by atoms with Gasteiger partial charge in [-0.25, -0.2) is 8.78 Å². The highest BCUT2D eigenvalue weighted by atomic mass is 35.5. The van der Waals surface area contributed by atoms with Crippen LogP contribution in [0.4, 0.5) is 8.78 Å². The van der Waals surface area contributed by atoms with E-state index in [1.807, 2.05) is 0 Å². The minimum Gasteiger partial charge on any atom is -0.352 e. The van der Waals surface area contributed by atoms with E-state index in [0.29, 0.717) is 18.5 Å². The summed E-state index contributed by atoms with van der Waals surface area (Å²) in [6.45, 7) is 0.456. The number of nitrogens with zero attached hydrogens (tertiary/aromatic N) is 2. The number of nitrogens with two attached hydrogens (primary N) is 1. The number of carbonyl (C=O) groups is 2. The number of aromatic nitrogens is 1. The zero-order chi connectivity index (χ0) is 20.1. The molecule has 2 atom stereocenters. The second-order valence-corrected chi connectivity index (χ2v) is 6.77. The molecule has 3 N–H and O–H groups in total. The van der Waals surface area contributed by atoms with Crippen LogP contribution in [0.2, 0.25) is 0 Å². The Morgan fingerprint density at radius 1 is 1.23 bits per heavy atom. The molecule has 1 fully saturated rings. The van der Waals surface area contributed by atoms with Crippen molar-refractivity contribution in [1.82, 2.24) is 15.2 Å². The molecule has 0 radical (unpaired) electrons. The summed E-state index contributed by atoms with van der Waals surface area (Å²) in [6.07, 6.45) is 5.23. The van der Waals surface area contributed by atoms with Gasteiger partial charge in [-0.05, 0) is 37.5 Å². The van der Waals surface area contributed by atoms with Crippen LogP contribution < -0.4 is 11.1 Å². The highest BCUT2D eigenvalue weighted by Gasteiger charge is 2.32. The molecule has 1 aliphatic heterocycles. The molecule has 0 saturated carbocycles.